The third-order valence-corrected chi connectivity index (χ3v) is 5.50. The smallest absolute Gasteiger partial charge is 0.427 e. The highest BCUT2D eigenvalue weighted by Crippen LogP contribution is 2.23. The van der Waals surface area contributed by atoms with Gasteiger partial charge in [0, 0.05) is 11.1 Å². The molecule has 1 saturated heterocycles. The van der Waals surface area contributed by atoms with Crippen molar-refractivity contribution < 1.29 is 10.0 Å². The maximum Gasteiger partial charge on any atom is 0.451 e. The number of hydrogen-bond acceptors (Lipinski definition) is 4. The molecule has 0 spiro atoms. The molecule has 1 aliphatic heterocycles. The third-order valence-electron chi connectivity index (χ3n) is 5.25. The van der Waals surface area contributed by atoms with E-state index in [2.05, 4.69) is 17.0 Å². The molecular formula is C19H32BClN2O2. The highest BCUT2D eigenvalue weighted by atomic mass is 35.5. The fourth-order valence-corrected chi connectivity index (χ4v) is 3.72. The molecule has 6 heteroatoms. The number of rotatable bonds is 10. The highest BCUT2D eigenvalue weighted by molar-refractivity contribution is 6.40. The summed E-state index contributed by atoms with van der Waals surface area (Å²) in [5.74, 6) is 0.774. The van der Waals surface area contributed by atoms with Crippen molar-refractivity contribution in [3.63, 3.8) is 0 Å². The van der Waals surface area contributed by atoms with Gasteiger partial charge in [0.05, 0.1) is 0 Å². The predicted octanol–water partition coefficient (Wildman–Crippen LogP) is 2.96. The minimum Gasteiger partial charge on any atom is -0.427 e. The number of piperidine rings is 1. The zero-order chi connectivity index (χ0) is 18.1. The fraction of sp³-hybridized carbons (Fsp3) is 0.684. The molecule has 1 heterocycles. The molecule has 25 heavy (non-hydrogen) atoms. The van der Waals surface area contributed by atoms with Crippen LogP contribution in [0.4, 0.5) is 0 Å². The van der Waals surface area contributed by atoms with Crippen molar-refractivity contribution in [2.75, 3.05) is 19.6 Å². The molecule has 0 amide bonds. The van der Waals surface area contributed by atoms with Gasteiger partial charge >= 0.3 is 7.12 Å². The number of nitrogens with zero attached hydrogens (tertiary/aromatic N) is 1. The summed E-state index contributed by atoms with van der Waals surface area (Å²) >= 11 is 5.95. The van der Waals surface area contributed by atoms with Crippen LogP contribution < -0.4 is 5.73 Å². The van der Waals surface area contributed by atoms with Crippen LogP contribution in [0.3, 0.4) is 0 Å². The largest absolute Gasteiger partial charge is 0.451 e. The van der Waals surface area contributed by atoms with Crippen molar-refractivity contribution in [3.05, 3.63) is 34.9 Å². The molecule has 4 nitrogen and oxygen atoms in total. The Kier molecular flexibility index (Phi) is 9.28. The number of unbranched alkanes of at least 4 members (excludes halogenated alkanes) is 1. The van der Waals surface area contributed by atoms with Crippen molar-refractivity contribution >= 4 is 18.7 Å². The van der Waals surface area contributed by atoms with Crippen LogP contribution in [-0.4, -0.2) is 47.7 Å². The average Bonchev–Trinajstić information content (AvgIpc) is 2.60. The summed E-state index contributed by atoms with van der Waals surface area (Å²) < 4.78 is 0. The lowest BCUT2D eigenvalue weighted by Crippen LogP contribution is -2.37. The van der Waals surface area contributed by atoms with Crippen LogP contribution in [0, 0.1) is 5.92 Å². The summed E-state index contributed by atoms with van der Waals surface area (Å²) in [5.41, 5.74) is 7.57. The van der Waals surface area contributed by atoms with E-state index in [1.165, 1.54) is 31.5 Å². The maximum atomic E-state index is 8.83. The van der Waals surface area contributed by atoms with E-state index in [-0.39, 0.29) is 6.04 Å². The molecule has 0 saturated carbocycles. The first-order valence-electron chi connectivity index (χ1n) is 9.61. The SMILES string of the molecule is NC(CCCCB(O)O)CCN1CCC(Cc2ccc(Cl)cc2)CC1. The second-order valence-corrected chi connectivity index (χ2v) is 7.87. The quantitative estimate of drug-likeness (QED) is 0.440. The van der Waals surface area contributed by atoms with Gasteiger partial charge < -0.3 is 20.7 Å². The van der Waals surface area contributed by atoms with Crippen molar-refractivity contribution in [2.45, 2.75) is 57.3 Å². The first-order chi connectivity index (χ1) is 12.0. The van der Waals surface area contributed by atoms with Gasteiger partial charge in [0.1, 0.15) is 0 Å². The number of nitrogens with two attached hydrogens (primary N) is 1. The number of benzene rings is 1. The molecule has 1 aromatic rings. The molecule has 140 valence electrons. The monoisotopic (exact) mass is 366 g/mol. The molecule has 4 N–H and O–H groups in total. The Morgan fingerprint density at radius 1 is 1.12 bits per heavy atom. The van der Waals surface area contributed by atoms with Crippen molar-refractivity contribution in [1.29, 1.82) is 0 Å². The molecule has 0 radical (unpaired) electrons. The lowest BCUT2D eigenvalue weighted by molar-refractivity contribution is 0.178. The third kappa shape index (κ3) is 8.56. The van der Waals surface area contributed by atoms with Crippen molar-refractivity contribution in [3.8, 4) is 0 Å². The van der Waals surface area contributed by atoms with Gasteiger partial charge in [-0.15, -0.1) is 0 Å². The van der Waals surface area contributed by atoms with Crippen LogP contribution in [0.2, 0.25) is 11.3 Å². The minimum absolute atomic E-state index is 0.225. The van der Waals surface area contributed by atoms with E-state index in [1.54, 1.807) is 0 Å². The molecule has 2 rings (SSSR count). The van der Waals surface area contributed by atoms with Gasteiger partial charge in [-0.25, -0.2) is 0 Å². The summed E-state index contributed by atoms with van der Waals surface area (Å²) in [6.07, 6.45) is 7.93. The van der Waals surface area contributed by atoms with E-state index < -0.39 is 7.12 Å². The Balaban J connectivity index is 1.56. The Labute approximate surface area is 157 Å². The summed E-state index contributed by atoms with van der Waals surface area (Å²) in [7, 11) is -1.18. The molecule has 1 fully saturated rings. The Morgan fingerprint density at radius 2 is 1.80 bits per heavy atom. The topological polar surface area (TPSA) is 69.7 Å². The van der Waals surface area contributed by atoms with Crippen molar-refractivity contribution in [2.24, 2.45) is 11.7 Å². The molecule has 1 unspecified atom stereocenters. The Hall–Kier alpha value is -0.585. The lowest BCUT2D eigenvalue weighted by Gasteiger charge is -2.32. The first-order valence-corrected chi connectivity index (χ1v) is 9.99. The maximum absolute atomic E-state index is 8.83. The van der Waals surface area contributed by atoms with E-state index in [9.17, 15) is 0 Å². The summed E-state index contributed by atoms with van der Waals surface area (Å²) in [5, 5.41) is 18.5. The van der Waals surface area contributed by atoms with Crippen LogP contribution in [-0.2, 0) is 6.42 Å². The summed E-state index contributed by atoms with van der Waals surface area (Å²) in [4.78, 5) is 2.54. The summed E-state index contributed by atoms with van der Waals surface area (Å²) in [6, 6.07) is 8.47. The van der Waals surface area contributed by atoms with Crippen molar-refractivity contribution in [1.82, 2.24) is 4.90 Å². The first kappa shape index (κ1) is 20.7. The number of hydrogen-bond donors (Lipinski definition) is 3. The minimum atomic E-state index is -1.18. The van der Waals surface area contributed by atoms with E-state index in [0.29, 0.717) is 6.32 Å². The molecule has 0 bridgehead atoms. The van der Waals surface area contributed by atoms with Crippen LogP contribution in [0.25, 0.3) is 0 Å². The molecule has 1 aromatic carbocycles. The zero-order valence-electron chi connectivity index (χ0n) is 15.1. The fourth-order valence-electron chi connectivity index (χ4n) is 3.59. The van der Waals surface area contributed by atoms with Gasteiger partial charge in [0.2, 0.25) is 0 Å². The second-order valence-electron chi connectivity index (χ2n) is 7.43. The zero-order valence-corrected chi connectivity index (χ0v) is 15.9. The van der Waals surface area contributed by atoms with Gasteiger partial charge in [-0.05, 0) is 81.7 Å². The van der Waals surface area contributed by atoms with Gasteiger partial charge in [-0.1, -0.05) is 36.6 Å². The van der Waals surface area contributed by atoms with Crippen LogP contribution >= 0.6 is 11.6 Å². The molecule has 1 aliphatic rings. The van der Waals surface area contributed by atoms with Crippen LogP contribution in [0.1, 0.15) is 44.1 Å². The highest BCUT2D eigenvalue weighted by Gasteiger charge is 2.19. The average molecular weight is 367 g/mol. The van der Waals surface area contributed by atoms with E-state index in [0.717, 1.165) is 49.6 Å². The van der Waals surface area contributed by atoms with Gasteiger partial charge in [-0.2, -0.15) is 0 Å². The van der Waals surface area contributed by atoms with Gasteiger partial charge in [0.25, 0.3) is 0 Å². The van der Waals surface area contributed by atoms with E-state index >= 15 is 0 Å². The predicted molar refractivity (Wildman–Crippen MR) is 106 cm³/mol. The normalized spacial score (nSPS) is 17.6. The van der Waals surface area contributed by atoms with E-state index in [1.807, 2.05) is 12.1 Å². The Morgan fingerprint density at radius 3 is 2.44 bits per heavy atom. The van der Waals surface area contributed by atoms with Gasteiger partial charge in [-0.3, -0.25) is 0 Å². The van der Waals surface area contributed by atoms with Crippen LogP contribution in [0.5, 0.6) is 0 Å². The number of halogens is 1. The summed E-state index contributed by atoms with van der Waals surface area (Å²) in [6.45, 7) is 3.42. The van der Waals surface area contributed by atoms with Gasteiger partial charge in [0.15, 0.2) is 0 Å². The standard InChI is InChI=1S/C19H32BClN2O2/c21-18-6-4-16(5-7-18)15-17-8-12-23(13-9-17)14-10-19(22)3-1-2-11-20(24)25/h4-7,17,19,24-25H,1-3,8-15,22H2. The van der Waals surface area contributed by atoms with E-state index in [4.69, 9.17) is 27.4 Å². The Bertz CT molecular complexity index is 479. The van der Waals surface area contributed by atoms with Crippen LogP contribution in [0.15, 0.2) is 24.3 Å². The number of likely N-dealkylation sites (tertiary alicyclic amines) is 1. The molecule has 1 atom stereocenters. The second kappa shape index (κ2) is 11.2. The lowest BCUT2D eigenvalue weighted by atomic mass is 9.83. The molecular weight excluding hydrogens is 334 g/mol. The molecule has 0 aliphatic carbocycles. The molecule has 0 aromatic heterocycles.